The van der Waals surface area contributed by atoms with Crippen molar-refractivity contribution in [1.82, 2.24) is 15.8 Å². The molecular formula is C23H20ClN3O7. The summed E-state index contributed by atoms with van der Waals surface area (Å²) in [6.07, 6.45) is 1.45. The highest BCUT2D eigenvalue weighted by Crippen LogP contribution is 2.26. The minimum Gasteiger partial charge on any atom is -0.452 e. The van der Waals surface area contributed by atoms with Gasteiger partial charge in [0, 0.05) is 6.61 Å². The lowest BCUT2D eigenvalue weighted by Gasteiger charge is -2.17. The fourth-order valence-electron chi connectivity index (χ4n) is 3.67. The van der Waals surface area contributed by atoms with Crippen molar-refractivity contribution in [2.75, 3.05) is 19.8 Å². The Morgan fingerprint density at radius 2 is 1.82 bits per heavy atom. The molecular weight excluding hydrogens is 466 g/mol. The maximum Gasteiger partial charge on any atom is 0.338 e. The highest BCUT2D eigenvalue weighted by molar-refractivity contribution is 6.33. The molecule has 1 atom stereocenters. The topological polar surface area (TPSA) is 131 Å². The van der Waals surface area contributed by atoms with Crippen molar-refractivity contribution in [3.63, 3.8) is 0 Å². The van der Waals surface area contributed by atoms with Gasteiger partial charge in [-0.1, -0.05) is 23.7 Å². The third-order valence-corrected chi connectivity index (χ3v) is 5.71. The van der Waals surface area contributed by atoms with E-state index >= 15 is 0 Å². The van der Waals surface area contributed by atoms with Crippen LogP contribution in [-0.2, 0) is 14.3 Å². The molecule has 10 nitrogen and oxygen atoms in total. The maximum atomic E-state index is 12.7. The number of amides is 4. The molecule has 1 fully saturated rings. The second kappa shape index (κ2) is 10.0. The summed E-state index contributed by atoms with van der Waals surface area (Å²) in [7, 11) is 0. The second-order valence-electron chi connectivity index (χ2n) is 7.67. The Kier molecular flexibility index (Phi) is 6.90. The number of fused-ring (bicyclic) bond motifs is 1. The third kappa shape index (κ3) is 4.92. The third-order valence-electron chi connectivity index (χ3n) is 5.38. The van der Waals surface area contributed by atoms with Crippen molar-refractivity contribution in [2.24, 2.45) is 0 Å². The van der Waals surface area contributed by atoms with Gasteiger partial charge in [0.1, 0.15) is 0 Å². The summed E-state index contributed by atoms with van der Waals surface area (Å²) in [5.41, 5.74) is 4.74. The zero-order valence-electron chi connectivity index (χ0n) is 17.8. The van der Waals surface area contributed by atoms with E-state index in [-0.39, 0.29) is 39.9 Å². The number of hydrogen-bond acceptors (Lipinski definition) is 7. The van der Waals surface area contributed by atoms with Gasteiger partial charge in [-0.25, -0.2) is 4.79 Å². The van der Waals surface area contributed by atoms with E-state index < -0.39 is 36.2 Å². The van der Waals surface area contributed by atoms with Crippen LogP contribution in [0.2, 0.25) is 5.02 Å². The predicted molar refractivity (Wildman–Crippen MR) is 118 cm³/mol. The Bertz CT molecular complexity index is 1180. The van der Waals surface area contributed by atoms with Crippen LogP contribution < -0.4 is 10.9 Å². The number of rotatable bonds is 6. The molecule has 0 unspecified atom stereocenters. The van der Waals surface area contributed by atoms with Crippen LogP contribution in [0.4, 0.5) is 0 Å². The van der Waals surface area contributed by atoms with Gasteiger partial charge < -0.3 is 9.47 Å². The molecule has 0 radical (unpaired) electrons. The molecule has 11 heteroatoms. The molecule has 0 saturated carbocycles. The summed E-state index contributed by atoms with van der Waals surface area (Å²) < 4.78 is 10.5. The molecule has 1 saturated heterocycles. The van der Waals surface area contributed by atoms with Crippen molar-refractivity contribution in [3.8, 4) is 0 Å². The van der Waals surface area contributed by atoms with Crippen LogP contribution in [-0.4, -0.2) is 60.4 Å². The monoisotopic (exact) mass is 485 g/mol. The van der Waals surface area contributed by atoms with Crippen LogP contribution in [0.15, 0.2) is 42.5 Å². The highest BCUT2D eigenvalue weighted by atomic mass is 35.5. The fourth-order valence-corrected chi connectivity index (χ4v) is 3.89. The first-order valence-corrected chi connectivity index (χ1v) is 10.9. The van der Waals surface area contributed by atoms with Crippen molar-refractivity contribution < 1.29 is 33.4 Å². The van der Waals surface area contributed by atoms with E-state index in [4.69, 9.17) is 21.1 Å². The molecule has 0 spiro atoms. The van der Waals surface area contributed by atoms with E-state index in [1.807, 2.05) is 0 Å². The quantitative estimate of drug-likeness (QED) is 0.362. The summed E-state index contributed by atoms with van der Waals surface area (Å²) >= 11 is 5.92. The largest absolute Gasteiger partial charge is 0.452 e. The number of esters is 1. The second-order valence-corrected chi connectivity index (χ2v) is 8.08. The van der Waals surface area contributed by atoms with Gasteiger partial charge in [-0.2, -0.15) is 0 Å². The Hall–Kier alpha value is -3.76. The van der Waals surface area contributed by atoms with Crippen molar-refractivity contribution in [3.05, 3.63) is 69.7 Å². The molecule has 2 aliphatic rings. The minimum atomic E-state index is -0.867. The lowest BCUT2D eigenvalue weighted by atomic mass is 10.1. The number of nitrogens with one attached hydrogen (secondary N) is 2. The molecule has 34 heavy (non-hydrogen) atoms. The zero-order chi connectivity index (χ0) is 24.2. The Morgan fingerprint density at radius 3 is 2.56 bits per heavy atom. The van der Waals surface area contributed by atoms with E-state index in [2.05, 4.69) is 10.9 Å². The van der Waals surface area contributed by atoms with Gasteiger partial charge in [0.2, 0.25) is 0 Å². The summed E-state index contributed by atoms with van der Waals surface area (Å²) in [6.45, 7) is 0.0734. The zero-order valence-corrected chi connectivity index (χ0v) is 18.6. The number of carbonyl (C=O) groups excluding carboxylic acids is 5. The molecule has 4 rings (SSSR count). The van der Waals surface area contributed by atoms with Gasteiger partial charge in [0.05, 0.1) is 39.9 Å². The molecule has 0 aliphatic carbocycles. The summed E-state index contributed by atoms with van der Waals surface area (Å²) in [6, 6.07) is 10.3. The lowest BCUT2D eigenvalue weighted by molar-refractivity contribution is -0.125. The number of hydrogen-bond donors (Lipinski definition) is 2. The van der Waals surface area contributed by atoms with Crippen LogP contribution in [0, 0.1) is 0 Å². The summed E-state index contributed by atoms with van der Waals surface area (Å²) in [4.78, 5) is 62.7. The summed E-state index contributed by atoms with van der Waals surface area (Å²) in [5, 5.41) is 0.208. The number of halogens is 1. The van der Waals surface area contributed by atoms with Gasteiger partial charge in [-0.05, 0) is 43.2 Å². The average molecular weight is 486 g/mol. The van der Waals surface area contributed by atoms with Gasteiger partial charge in [0.25, 0.3) is 23.6 Å². The molecule has 2 heterocycles. The van der Waals surface area contributed by atoms with Gasteiger partial charge in [-0.3, -0.25) is 34.9 Å². The molecule has 2 aliphatic heterocycles. The van der Waals surface area contributed by atoms with Crippen LogP contribution in [0.5, 0.6) is 0 Å². The molecule has 176 valence electrons. The van der Waals surface area contributed by atoms with E-state index in [9.17, 15) is 24.0 Å². The molecule has 4 amide bonds. The number of imide groups is 1. The van der Waals surface area contributed by atoms with Crippen molar-refractivity contribution >= 4 is 41.2 Å². The Labute approximate surface area is 199 Å². The standard InChI is InChI=1S/C23H20ClN3O7/c24-18-6-2-1-5-16(18)20(29)26-25-19(28)12-34-23(32)13-7-8-15-17(10-13)22(31)27(21(15)30)11-14-4-3-9-33-14/h1-2,5-8,10,14H,3-4,9,11-12H2,(H,25,28)(H,26,29)/t14-/m0/s1. The van der Waals surface area contributed by atoms with Crippen LogP contribution in [0.25, 0.3) is 0 Å². The van der Waals surface area contributed by atoms with Gasteiger partial charge in [0.15, 0.2) is 6.61 Å². The first-order chi connectivity index (χ1) is 16.3. The number of carbonyl (C=O) groups is 5. The smallest absolute Gasteiger partial charge is 0.338 e. The van der Waals surface area contributed by atoms with Gasteiger partial charge in [-0.15, -0.1) is 0 Å². The van der Waals surface area contributed by atoms with Crippen molar-refractivity contribution in [2.45, 2.75) is 18.9 Å². The number of hydrazine groups is 1. The Morgan fingerprint density at radius 1 is 1.06 bits per heavy atom. The first kappa shape index (κ1) is 23.4. The molecule has 2 N–H and O–H groups in total. The lowest BCUT2D eigenvalue weighted by Crippen LogP contribution is -2.43. The molecule has 2 aromatic carbocycles. The van der Waals surface area contributed by atoms with E-state index in [0.29, 0.717) is 6.61 Å². The number of benzene rings is 2. The van der Waals surface area contributed by atoms with Crippen LogP contribution in [0.3, 0.4) is 0 Å². The minimum absolute atomic E-state index is 0.00627. The molecule has 0 aromatic heterocycles. The number of ether oxygens (including phenoxy) is 2. The SMILES string of the molecule is O=C(COC(=O)c1ccc2c(c1)C(=O)N(C[C@@H]1CCCO1)C2=O)NNC(=O)c1ccccc1Cl. The number of nitrogens with zero attached hydrogens (tertiary/aromatic N) is 1. The van der Waals surface area contributed by atoms with E-state index in [0.717, 1.165) is 17.7 Å². The Balaban J connectivity index is 1.31. The average Bonchev–Trinajstić information content (AvgIpc) is 3.44. The van der Waals surface area contributed by atoms with E-state index in [1.54, 1.807) is 12.1 Å². The van der Waals surface area contributed by atoms with Crippen LogP contribution >= 0.6 is 11.6 Å². The van der Waals surface area contributed by atoms with Crippen molar-refractivity contribution in [1.29, 1.82) is 0 Å². The first-order valence-electron chi connectivity index (χ1n) is 10.5. The normalized spacial score (nSPS) is 16.9. The summed E-state index contributed by atoms with van der Waals surface area (Å²) in [5.74, 6) is -3.24. The fraction of sp³-hybridized carbons (Fsp3) is 0.261. The van der Waals surface area contributed by atoms with Gasteiger partial charge >= 0.3 is 5.97 Å². The maximum absolute atomic E-state index is 12.7. The molecule has 0 bridgehead atoms. The van der Waals surface area contributed by atoms with Crippen LogP contribution in [0.1, 0.15) is 54.3 Å². The van der Waals surface area contributed by atoms with E-state index in [1.165, 1.54) is 30.3 Å². The molecule has 2 aromatic rings. The predicted octanol–water partition coefficient (Wildman–Crippen LogP) is 1.73. The highest BCUT2D eigenvalue weighted by Gasteiger charge is 2.38.